The van der Waals surface area contributed by atoms with Gasteiger partial charge in [-0.25, -0.2) is 4.39 Å². The Morgan fingerprint density at radius 2 is 2.08 bits per heavy atom. The Hall–Kier alpha value is -2.86. The van der Waals surface area contributed by atoms with Crippen LogP contribution in [0.4, 0.5) is 4.39 Å². The monoisotopic (exact) mass is 517 g/mol. The molecule has 38 heavy (non-hydrogen) atoms. The average Bonchev–Trinajstić information content (AvgIpc) is 3.27. The topological polar surface area (TPSA) is 90.3 Å². The molecule has 0 saturated carbocycles. The molecule has 7 nitrogen and oxygen atoms in total. The van der Waals surface area contributed by atoms with Crippen LogP contribution >= 0.6 is 0 Å². The third-order valence-electron chi connectivity index (χ3n) is 9.12. The van der Waals surface area contributed by atoms with Crippen LogP contribution in [0, 0.1) is 17.1 Å². The highest BCUT2D eigenvalue weighted by Crippen LogP contribution is 2.46. The summed E-state index contributed by atoms with van der Waals surface area (Å²) in [6, 6.07) is 10.9. The minimum Gasteiger partial charge on any atom is -0.378 e. The molecule has 2 N–H and O–H groups in total. The third-order valence-corrected chi connectivity index (χ3v) is 9.12. The number of benzene rings is 1. The number of likely N-dealkylation sites (tertiary alicyclic amines) is 1. The maximum atomic E-state index is 15.2. The summed E-state index contributed by atoms with van der Waals surface area (Å²) in [5.41, 5.74) is 4.60. The molecular formula is C30H36FN5O2. The van der Waals surface area contributed by atoms with E-state index < -0.39 is 6.04 Å². The van der Waals surface area contributed by atoms with E-state index in [1.807, 2.05) is 12.1 Å². The van der Waals surface area contributed by atoms with Gasteiger partial charge in [-0.15, -0.1) is 0 Å². The molecule has 1 amide bonds. The molecular weight excluding hydrogens is 481 g/mol. The minimum absolute atomic E-state index is 0.121. The van der Waals surface area contributed by atoms with Crippen LogP contribution in [0.1, 0.15) is 55.3 Å². The molecule has 2 atom stereocenters. The number of carbonyl (C=O) groups is 1. The summed E-state index contributed by atoms with van der Waals surface area (Å²) in [6.07, 6.45) is 7.34. The fourth-order valence-corrected chi connectivity index (χ4v) is 6.61. The van der Waals surface area contributed by atoms with Crippen LogP contribution < -0.4 is 10.6 Å². The number of hydrogen-bond acceptors (Lipinski definition) is 6. The number of nitrogens with one attached hydrogen (secondary N) is 2. The lowest BCUT2D eigenvalue weighted by Gasteiger charge is -2.45. The lowest BCUT2D eigenvalue weighted by Crippen LogP contribution is -2.54. The number of amides is 1. The maximum Gasteiger partial charge on any atom is 0.238 e. The van der Waals surface area contributed by atoms with Crippen molar-refractivity contribution in [2.45, 2.75) is 74.9 Å². The molecule has 200 valence electrons. The molecule has 8 heteroatoms. The Morgan fingerprint density at radius 1 is 1.24 bits per heavy atom. The van der Waals surface area contributed by atoms with Gasteiger partial charge < -0.3 is 15.4 Å². The number of piperidine rings is 2. The number of aromatic nitrogens is 1. The van der Waals surface area contributed by atoms with E-state index in [1.165, 1.54) is 17.3 Å². The van der Waals surface area contributed by atoms with Crippen LogP contribution in [0.15, 0.2) is 30.3 Å². The Kier molecular flexibility index (Phi) is 7.17. The number of halogens is 1. The van der Waals surface area contributed by atoms with Crippen molar-refractivity contribution in [1.82, 2.24) is 20.5 Å². The Labute approximate surface area is 223 Å². The van der Waals surface area contributed by atoms with Gasteiger partial charge in [-0.2, -0.15) is 5.26 Å². The first-order valence-corrected chi connectivity index (χ1v) is 14.1. The number of nitriles is 1. The van der Waals surface area contributed by atoms with E-state index in [9.17, 15) is 10.1 Å². The van der Waals surface area contributed by atoms with E-state index in [2.05, 4.69) is 27.7 Å². The highest BCUT2D eigenvalue weighted by Gasteiger charge is 2.44. The van der Waals surface area contributed by atoms with Crippen LogP contribution in [0.25, 0.3) is 11.3 Å². The first-order valence-electron chi connectivity index (χ1n) is 14.1. The van der Waals surface area contributed by atoms with Crippen molar-refractivity contribution in [3.05, 3.63) is 53.0 Å². The van der Waals surface area contributed by atoms with Crippen molar-refractivity contribution < 1.29 is 13.9 Å². The molecule has 1 aliphatic carbocycles. The normalized spacial score (nSPS) is 23.8. The average molecular weight is 518 g/mol. The molecule has 3 aliphatic heterocycles. The van der Waals surface area contributed by atoms with Gasteiger partial charge >= 0.3 is 0 Å². The standard InChI is InChI=1S/C30H36FN5O2/c31-25-16-22(5-4-21(25)15-23(17-32)34-29(37)27-3-1-2-12-33-27)26-7-6-20-8-9-30(28(20)35-26)10-13-36(14-11-30)24-18-38-19-24/h4-7,16,23-24,27,33H,1-3,8-15,18-19H2,(H,34,37)/t23-,27-/m0/s1. The van der Waals surface area contributed by atoms with Gasteiger partial charge in [-0.05, 0) is 81.4 Å². The Morgan fingerprint density at radius 3 is 2.76 bits per heavy atom. The zero-order chi connectivity index (χ0) is 26.1. The predicted molar refractivity (Wildman–Crippen MR) is 142 cm³/mol. The maximum absolute atomic E-state index is 15.2. The first-order chi connectivity index (χ1) is 18.5. The molecule has 0 radical (unpaired) electrons. The summed E-state index contributed by atoms with van der Waals surface area (Å²) in [5.74, 6) is -0.558. The summed E-state index contributed by atoms with van der Waals surface area (Å²) in [7, 11) is 0. The second-order valence-electron chi connectivity index (χ2n) is 11.4. The molecule has 0 bridgehead atoms. The molecule has 1 aromatic carbocycles. The molecule has 4 aliphatic rings. The summed E-state index contributed by atoms with van der Waals surface area (Å²) >= 11 is 0. The zero-order valence-corrected chi connectivity index (χ0v) is 21.8. The van der Waals surface area contributed by atoms with Gasteiger partial charge in [0.15, 0.2) is 0 Å². The summed E-state index contributed by atoms with van der Waals surface area (Å²) < 4.78 is 20.6. The number of nitrogens with zero attached hydrogens (tertiary/aromatic N) is 3. The van der Waals surface area contributed by atoms with E-state index in [1.54, 1.807) is 6.07 Å². The lowest BCUT2D eigenvalue weighted by atomic mass is 9.75. The number of carbonyl (C=O) groups excluding carboxylic acids is 1. The molecule has 3 saturated heterocycles. The number of hydrogen-bond donors (Lipinski definition) is 2. The van der Waals surface area contributed by atoms with Gasteiger partial charge in [-0.1, -0.05) is 24.6 Å². The molecule has 6 rings (SSSR count). The summed E-state index contributed by atoms with van der Waals surface area (Å²) in [6.45, 7) is 4.67. The highest BCUT2D eigenvalue weighted by molar-refractivity contribution is 5.82. The minimum atomic E-state index is -0.776. The van der Waals surface area contributed by atoms with E-state index >= 15 is 4.39 Å². The van der Waals surface area contributed by atoms with Gasteiger partial charge in [-0.3, -0.25) is 14.7 Å². The Bertz CT molecular complexity index is 1230. The van der Waals surface area contributed by atoms with Gasteiger partial charge in [0.05, 0.1) is 42.8 Å². The van der Waals surface area contributed by atoms with E-state index in [-0.39, 0.29) is 29.6 Å². The fourth-order valence-electron chi connectivity index (χ4n) is 6.61. The second kappa shape index (κ2) is 10.7. The van der Waals surface area contributed by atoms with Crippen LogP contribution in [-0.2, 0) is 27.8 Å². The predicted octanol–water partition coefficient (Wildman–Crippen LogP) is 3.26. The lowest BCUT2D eigenvalue weighted by molar-refractivity contribution is -0.124. The summed E-state index contributed by atoms with van der Waals surface area (Å²) in [4.78, 5) is 20.2. The van der Waals surface area contributed by atoms with Crippen molar-refractivity contribution in [3.63, 3.8) is 0 Å². The molecule has 4 heterocycles. The summed E-state index contributed by atoms with van der Waals surface area (Å²) in [5, 5.41) is 15.6. The quantitative estimate of drug-likeness (QED) is 0.612. The van der Waals surface area contributed by atoms with Crippen LogP contribution in [0.3, 0.4) is 0 Å². The van der Waals surface area contributed by atoms with Crippen molar-refractivity contribution >= 4 is 5.91 Å². The number of ether oxygens (including phenoxy) is 1. The van der Waals surface area contributed by atoms with E-state index in [0.29, 0.717) is 11.6 Å². The number of rotatable bonds is 6. The third kappa shape index (κ3) is 4.95. The van der Waals surface area contributed by atoms with Crippen molar-refractivity contribution in [3.8, 4) is 17.3 Å². The van der Waals surface area contributed by atoms with Gasteiger partial charge in [0.25, 0.3) is 0 Å². The van der Waals surface area contributed by atoms with Crippen molar-refractivity contribution in [2.24, 2.45) is 0 Å². The molecule has 1 spiro atoms. The number of fused-ring (bicyclic) bond motifs is 2. The largest absolute Gasteiger partial charge is 0.378 e. The van der Waals surface area contributed by atoms with Crippen LogP contribution in [-0.4, -0.2) is 66.8 Å². The second-order valence-corrected chi connectivity index (χ2v) is 11.4. The van der Waals surface area contributed by atoms with Crippen LogP contribution in [0.2, 0.25) is 0 Å². The SMILES string of the molecule is N#C[C@H](Cc1ccc(-c2ccc3c(n2)C2(CC3)CCN(C3COC3)CC2)cc1F)NC(=O)[C@@H]1CCCCN1. The van der Waals surface area contributed by atoms with Gasteiger partial charge in [0.1, 0.15) is 11.9 Å². The fraction of sp³-hybridized carbons (Fsp3) is 0.567. The Balaban J connectivity index is 1.15. The molecule has 2 aromatic rings. The van der Waals surface area contributed by atoms with Crippen molar-refractivity contribution in [1.29, 1.82) is 5.26 Å². The van der Waals surface area contributed by atoms with Crippen LogP contribution in [0.5, 0.6) is 0 Å². The zero-order valence-electron chi connectivity index (χ0n) is 21.8. The number of pyridine rings is 1. The molecule has 1 aromatic heterocycles. The van der Waals surface area contributed by atoms with Gasteiger partial charge in [0.2, 0.25) is 5.91 Å². The number of aryl methyl sites for hydroxylation is 1. The van der Waals surface area contributed by atoms with Gasteiger partial charge in [0, 0.05) is 17.4 Å². The van der Waals surface area contributed by atoms with E-state index in [4.69, 9.17) is 9.72 Å². The smallest absolute Gasteiger partial charge is 0.238 e. The van der Waals surface area contributed by atoms with Crippen molar-refractivity contribution in [2.75, 3.05) is 32.8 Å². The molecule has 3 fully saturated rings. The molecule has 0 unspecified atom stereocenters. The van der Waals surface area contributed by atoms with E-state index in [0.717, 1.165) is 89.1 Å². The highest BCUT2D eigenvalue weighted by atomic mass is 19.1. The first kappa shape index (κ1) is 25.4.